The Bertz CT molecular complexity index is 734. The molecule has 122 valence electrons. The molecule has 0 aliphatic heterocycles. The molecule has 0 aromatic heterocycles. The number of carbonyl (C=O) groups is 1. The molecule has 0 N–H and O–H groups in total. The van der Waals surface area contributed by atoms with E-state index in [0.717, 1.165) is 0 Å². The summed E-state index contributed by atoms with van der Waals surface area (Å²) in [5.41, 5.74) is -4.16. The van der Waals surface area contributed by atoms with Gasteiger partial charge in [0.2, 0.25) is 0 Å². The van der Waals surface area contributed by atoms with E-state index < -0.39 is 34.8 Å². The number of halogens is 7. The molecule has 23 heavy (non-hydrogen) atoms. The molecule has 2 aromatic rings. The summed E-state index contributed by atoms with van der Waals surface area (Å²) in [7, 11) is 0. The lowest BCUT2D eigenvalue weighted by Crippen LogP contribution is -2.18. The fourth-order valence-electron chi connectivity index (χ4n) is 1.96. The fourth-order valence-corrected chi connectivity index (χ4v) is 2.48. The summed E-state index contributed by atoms with van der Waals surface area (Å²) in [5, 5.41) is 0. The second-order valence-electron chi connectivity index (χ2n) is 4.57. The number of hydrogen-bond acceptors (Lipinski definition) is 1. The molecule has 0 radical (unpaired) electrons. The van der Waals surface area contributed by atoms with Gasteiger partial charge in [-0.2, -0.15) is 26.3 Å². The molecule has 2 rings (SSSR count). The molecule has 0 unspecified atom stereocenters. The highest BCUT2D eigenvalue weighted by atomic mass is 79.9. The topological polar surface area (TPSA) is 17.1 Å². The van der Waals surface area contributed by atoms with Crippen molar-refractivity contribution in [3.63, 3.8) is 0 Å². The van der Waals surface area contributed by atoms with Gasteiger partial charge in [0.15, 0.2) is 5.78 Å². The number of rotatable bonds is 2. The zero-order valence-corrected chi connectivity index (χ0v) is 12.7. The maximum Gasteiger partial charge on any atom is 0.417 e. The molecule has 0 fully saturated rings. The van der Waals surface area contributed by atoms with Gasteiger partial charge < -0.3 is 0 Å². The van der Waals surface area contributed by atoms with Crippen LogP contribution in [-0.2, 0) is 12.4 Å². The van der Waals surface area contributed by atoms with Crippen LogP contribution in [0.2, 0.25) is 0 Å². The van der Waals surface area contributed by atoms with E-state index in [9.17, 15) is 31.1 Å². The van der Waals surface area contributed by atoms with Crippen LogP contribution in [0.15, 0.2) is 46.9 Å². The average molecular weight is 397 g/mol. The molecule has 0 bridgehead atoms. The van der Waals surface area contributed by atoms with E-state index in [2.05, 4.69) is 15.9 Å². The number of carbonyl (C=O) groups excluding carboxylic acids is 1. The van der Waals surface area contributed by atoms with Crippen molar-refractivity contribution in [2.75, 3.05) is 0 Å². The lowest BCUT2D eigenvalue weighted by Gasteiger charge is -2.17. The zero-order valence-electron chi connectivity index (χ0n) is 11.1. The number of benzene rings is 2. The quantitative estimate of drug-likeness (QED) is 0.468. The molecule has 0 aliphatic rings. The van der Waals surface area contributed by atoms with Crippen LogP contribution in [0.1, 0.15) is 27.0 Å². The number of alkyl halides is 6. The highest BCUT2D eigenvalue weighted by Gasteiger charge is 2.44. The molecule has 0 amide bonds. The molecule has 0 spiro atoms. The van der Waals surface area contributed by atoms with Crippen LogP contribution in [0.3, 0.4) is 0 Å². The number of hydrogen-bond donors (Lipinski definition) is 0. The summed E-state index contributed by atoms with van der Waals surface area (Å²) in [6.07, 6.45) is -10.4. The van der Waals surface area contributed by atoms with Crippen molar-refractivity contribution < 1.29 is 31.1 Å². The van der Waals surface area contributed by atoms with Crippen molar-refractivity contribution in [1.82, 2.24) is 0 Å². The normalized spacial score (nSPS) is 12.3. The van der Waals surface area contributed by atoms with E-state index >= 15 is 0 Å². The molecule has 0 heterocycles. The smallest absolute Gasteiger partial charge is 0.289 e. The fraction of sp³-hybridized carbons (Fsp3) is 0.133. The lowest BCUT2D eigenvalue weighted by atomic mass is 9.97. The Labute approximate surface area is 135 Å². The van der Waals surface area contributed by atoms with Crippen LogP contribution in [0, 0.1) is 0 Å². The van der Waals surface area contributed by atoms with Crippen LogP contribution < -0.4 is 0 Å². The lowest BCUT2D eigenvalue weighted by molar-refractivity contribution is -0.162. The summed E-state index contributed by atoms with van der Waals surface area (Å²) in [4.78, 5) is 12.2. The maximum atomic E-state index is 12.9. The summed E-state index contributed by atoms with van der Waals surface area (Å²) in [5.74, 6) is -0.809. The average Bonchev–Trinajstić information content (AvgIpc) is 2.45. The molecule has 8 heteroatoms. The number of ketones is 1. The van der Waals surface area contributed by atoms with Crippen LogP contribution in [0.5, 0.6) is 0 Å². The Hall–Kier alpha value is -1.83. The Balaban J connectivity index is 2.66. The highest BCUT2D eigenvalue weighted by Crippen LogP contribution is 2.42. The second-order valence-corrected chi connectivity index (χ2v) is 5.42. The van der Waals surface area contributed by atoms with Crippen molar-refractivity contribution in [3.05, 3.63) is 69.2 Å². The van der Waals surface area contributed by atoms with Gasteiger partial charge in [-0.15, -0.1) is 0 Å². The van der Waals surface area contributed by atoms with Gasteiger partial charge in [0.05, 0.1) is 11.1 Å². The SMILES string of the molecule is O=C(c1ccccc1)c1cc(C(F)(F)F)c(C(F)(F)F)cc1Br. The van der Waals surface area contributed by atoms with Crippen LogP contribution in [-0.4, -0.2) is 5.78 Å². The predicted octanol–water partition coefficient (Wildman–Crippen LogP) is 5.72. The van der Waals surface area contributed by atoms with Crippen molar-refractivity contribution >= 4 is 21.7 Å². The Kier molecular flexibility index (Phi) is 4.57. The first-order chi connectivity index (χ1) is 10.5. The highest BCUT2D eigenvalue weighted by molar-refractivity contribution is 9.10. The van der Waals surface area contributed by atoms with Crippen molar-refractivity contribution in [2.24, 2.45) is 0 Å². The van der Waals surface area contributed by atoms with E-state index in [-0.39, 0.29) is 22.2 Å². The molecule has 0 atom stereocenters. The van der Waals surface area contributed by atoms with Gasteiger partial charge >= 0.3 is 12.4 Å². The zero-order chi connectivity index (χ0) is 17.4. The summed E-state index contributed by atoms with van der Waals surface area (Å²) >= 11 is 2.75. The van der Waals surface area contributed by atoms with E-state index in [1.165, 1.54) is 24.3 Å². The third-order valence-electron chi connectivity index (χ3n) is 3.00. The minimum absolute atomic E-state index is 0.0704. The standard InChI is InChI=1S/C15H7BrF6O/c16-12-7-11(15(20,21)22)10(14(17,18)19)6-9(12)13(23)8-4-2-1-3-5-8/h1-7H. The van der Waals surface area contributed by atoms with Gasteiger partial charge in [-0.3, -0.25) is 4.79 Å². The van der Waals surface area contributed by atoms with Gasteiger partial charge in [0, 0.05) is 15.6 Å². The monoisotopic (exact) mass is 396 g/mol. The van der Waals surface area contributed by atoms with Crippen LogP contribution in [0.4, 0.5) is 26.3 Å². The minimum Gasteiger partial charge on any atom is -0.289 e. The third kappa shape index (κ3) is 3.74. The van der Waals surface area contributed by atoms with Gasteiger partial charge in [0.1, 0.15) is 0 Å². The van der Waals surface area contributed by atoms with E-state index in [0.29, 0.717) is 0 Å². The summed E-state index contributed by atoms with van der Waals surface area (Å²) in [6.45, 7) is 0. The van der Waals surface area contributed by atoms with Crippen LogP contribution >= 0.6 is 15.9 Å². The third-order valence-corrected chi connectivity index (χ3v) is 3.65. The molecule has 0 saturated heterocycles. The Morgan fingerprint density at radius 1 is 0.826 bits per heavy atom. The summed E-state index contributed by atoms with van der Waals surface area (Å²) < 4.78 is 76.9. The first-order valence-electron chi connectivity index (χ1n) is 6.09. The van der Waals surface area contributed by atoms with Gasteiger partial charge in [-0.25, -0.2) is 0 Å². The molecular formula is C15H7BrF6O. The maximum absolute atomic E-state index is 12.9. The second kappa shape index (κ2) is 5.99. The van der Waals surface area contributed by atoms with Crippen molar-refractivity contribution in [1.29, 1.82) is 0 Å². The molecule has 2 aromatic carbocycles. The molecule has 0 saturated carbocycles. The first kappa shape index (κ1) is 17.5. The molecule has 1 nitrogen and oxygen atoms in total. The Morgan fingerprint density at radius 2 is 1.30 bits per heavy atom. The summed E-state index contributed by atoms with van der Waals surface area (Å²) in [6, 6.07) is 7.81. The first-order valence-corrected chi connectivity index (χ1v) is 6.89. The van der Waals surface area contributed by atoms with Crippen molar-refractivity contribution in [2.45, 2.75) is 12.4 Å². The van der Waals surface area contributed by atoms with Gasteiger partial charge in [-0.1, -0.05) is 46.3 Å². The largest absolute Gasteiger partial charge is 0.417 e. The van der Waals surface area contributed by atoms with E-state index in [1.54, 1.807) is 6.07 Å². The van der Waals surface area contributed by atoms with E-state index in [1.807, 2.05) is 0 Å². The minimum atomic E-state index is -5.24. The molecular weight excluding hydrogens is 390 g/mol. The van der Waals surface area contributed by atoms with Gasteiger partial charge in [0.25, 0.3) is 0 Å². The Morgan fingerprint density at radius 3 is 1.78 bits per heavy atom. The van der Waals surface area contributed by atoms with Crippen LogP contribution in [0.25, 0.3) is 0 Å². The van der Waals surface area contributed by atoms with E-state index in [4.69, 9.17) is 0 Å². The predicted molar refractivity (Wildman–Crippen MR) is 74.0 cm³/mol. The molecule has 0 aliphatic carbocycles. The van der Waals surface area contributed by atoms with Crippen molar-refractivity contribution in [3.8, 4) is 0 Å². The van der Waals surface area contributed by atoms with Gasteiger partial charge in [-0.05, 0) is 12.1 Å².